The van der Waals surface area contributed by atoms with E-state index in [9.17, 15) is 13.2 Å². The largest absolute Gasteiger partial charge is 0.416 e. The summed E-state index contributed by atoms with van der Waals surface area (Å²) in [4.78, 5) is 2.10. The molecule has 0 aliphatic carbocycles. The molecule has 2 aromatic rings. The summed E-state index contributed by atoms with van der Waals surface area (Å²) in [7, 11) is 0. The van der Waals surface area contributed by atoms with Gasteiger partial charge in [0.15, 0.2) is 0 Å². The van der Waals surface area contributed by atoms with Gasteiger partial charge in [-0.3, -0.25) is 0 Å². The Kier molecular flexibility index (Phi) is 4.53. The summed E-state index contributed by atoms with van der Waals surface area (Å²) in [5.74, 6) is 6.43. The molecule has 4 heteroatoms. The predicted octanol–water partition coefficient (Wildman–Crippen LogP) is 5.03. The highest BCUT2D eigenvalue weighted by atomic mass is 19.4. The van der Waals surface area contributed by atoms with E-state index in [-0.39, 0.29) is 11.6 Å². The first-order chi connectivity index (χ1) is 11.4. The van der Waals surface area contributed by atoms with Gasteiger partial charge in [-0.25, -0.2) is 0 Å². The fourth-order valence-corrected chi connectivity index (χ4v) is 3.06. The summed E-state index contributed by atoms with van der Waals surface area (Å²) in [5.41, 5.74) is 1.44. The van der Waals surface area contributed by atoms with Crippen molar-refractivity contribution in [2.45, 2.75) is 32.0 Å². The number of benzene rings is 2. The lowest BCUT2D eigenvalue weighted by atomic mass is 10.1. The molecule has 3 rings (SSSR count). The Balaban J connectivity index is 1.84. The number of hydrogen-bond donors (Lipinski definition) is 0. The van der Waals surface area contributed by atoms with E-state index in [0.29, 0.717) is 0 Å². The van der Waals surface area contributed by atoms with Crippen LogP contribution < -0.4 is 4.90 Å². The van der Waals surface area contributed by atoms with E-state index < -0.39 is 11.7 Å². The van der Waals surface area contributed by atoms with Crippen molar-refractivity contribution >= 4 is 5.69 Å². The highest BCUT2D eigenvalue weighted by Gasteiger charge is 2.33. The quantitative estimate of drug-likeness (QED) is 0.663. The first kappa shape index (κ1) is 16.4. The van der Waals surface area contributed by atoms with Crippen LogP contribution in [0.4, 0.5) is 18.9 Å². The van der Waals surface area contributed by atoms with Crippen molar-refractivity contribution in [3.8, 4) is 11.8 Å². The minimum atomic E-state index is -4.31. The maximum atomic E-state index is 12.9. The average molecular weight is 329 g/mol. The van der Waals surface area contributed by atoms with Crippen LogP contribution in [0, 0.1) is 18.8 Å². The Hall–Kier alpha value is -2.41. The molecule has 1 nitrogen and oxygen atoms in total. The van der Waals surface area contributed by atoms with E-state index in [4.69, 9.17) is 0 Å². The van der Waals surface area contributed by atoms with Crippen LogP contribution in [0.25, 0.3) is 0 Å². The van der Waals surface area contributed by atoms with Crippen LogP contribution >= 0.6 is 0 Å². The van der Waals surface area contributed by atoms with E-state index in [1.54, 1.807) is 12.1 Å². The second kappa shape index (κ2) is 6.60. The Morgan fingerprint density at radius 2 is 1.83 bits per heavy atom. The molecule has 1 aliphatic rings. The topological polar surface area (TPSA) is 3.24 Å². The van der Waals surface area contributed by atoms with Gasteiger partial charge in [0.1, 0.15) is 0 Å². The van der Waals surface area contributed by atoms with Gasteiger partial charge < -0.3 is 4.90 Å². The monoisotopic (exact) mass is 329 g/mol. The van der Waals surface area contributed by atoms with Crippen LogP contribution in [-0.4, -0.2) is 12.6 Å². The van der Waals surface area contributed by atoms with Crippen molar-refractivity contribution in [2.75, 3.05) is 11.4 Å². The highest BCUT2D eigenvalue weighted by molar-refractivity contribution is 5.55. The van der Waals surface area contributed by atoms with Crippen LogP contribution in [0.5, 0.6) is 0 Å². The predicted molar refractivity (Wildman–Crippen MR) is 89.9 cm³/mol. The summed E-state index contributed by atoms with van der Waals surface area (Å²) in [6.07, 6.45) is -2.38. The van der Waals surface area contributed by atoms with Crippen molar-refractivity contribution in [3.63, 3.8) is 0 Å². The van der Waals surface area contributed by atoms with Crippen LogP contribution in [0.3, 0.4) is 0 Å². The van der Waals surface area contributed by atoms with Crippen LogP contribution in [0.1, 0.15) is 29.5 Å². The van der Waals surface area contributed by atoms with E-state index in [1.807, 2.05) is 30.3 Å². The van der Waals surface area contributed by atoms with Crippen LogP contribution in [0.15, 0.2) is 48.5 Å². The summed E-state index contributed by atoms with van der Waals surface area (Å²) in [5, 5.41) is 0. The SMILES string of the molecule is Cc1cc(N2CCCC2C#Cc2ccccc2)ccc1C(F)(F)F. The van der Waals surface area contributed by atoms with Crippen molar-refractivity contribution in [1.29, 1.82) is 0 Å². The normalized spacial score (nSPS) is 17.5. The summed E-state index contributed by atoms with van der Waals surface area (Å²) >= 11 is 0. The molecule has 0 spiro atoms. The Labute approximate surface area is 140 Å². The van der Waals surface area contributed by atoms with Crippen molar-refractivity contribution in [2.24, 2.45) is 0 Å². The molecular formula is C20H18F3N. The molecule has 1 aliphatic heterocycles. The molecule has 0 aromatic heterocycles. The second-order valence-corrected chi connectivity index (χ2v) is 5.98. The third-order valence-electron chi connectivity index (χ3n) is 4.26. The standard InChI is InChI=1S/C20H18F3N/c1-15-14-18(11-12-19(15)20(21,22)23)24-13-5-8-17(24)10-9-16-6-3-2-4-7-16/h2-4,6-7,11-12,14,17H,5,8,13H2,1H3. The third-order valence-corrected chi connectivity index (χ3v) is 4.26. The van der Waals surface area contributed by atoms with Gasteiger partial charge in [0.2, 0.25) is 0 Å². The van der Waals surface area contributed by atoms with Crippen LogP contribution in [-0.2, 0) is 6.18 Å². The van der Waals surface area contributed by atoms with Gasteiger partial charge in [-0.15, -0.1) is 0 Å². The number of anilines is 1. The van der Waals surface area contributed by atoms with Gasteiger partial charge in [-0.05, 0) is 55.7 Å². The lowest BCUT2D eigenvalue weighted by molar-refractivity contribution is -0.138. The molecule has 1 unspecified atom stereocenters. The Morgan fingerprint density at radius 1 is 1.08 bits per heavy atom. The minimum absolute atomic E-state index is 0.0429. The molecule has 1 heterocycles. The minimum Gasteiger partial charge on any atom is -0.358 e. The number of aryl methyl sites for hydroxylation is 1. The smallest absolute Gasteiger partial charge is 0.358 e. The molecule has 0 bridgehead atoms. The summed E-state index contributed by atoms with van der Waals surface area (Å²) < 4.78 is 38.7. The molecule has 1 saturated heterocycles. The highest BCUT2D eigenvalue weighted by Crippen LogP contribution is 2.35. The van der Waals surface area contributed by atoms with Crippen molar-refractivity contribution in [3.05, 3.63) is 65.2 Å². The zero-order chi connectivity index (χ0) is 17.2. The molecule has 1 atom stereocenters. The Bertz CT molecular complexity index is 769. The molecule has 1 fully saturated rings. The number of halogens is 3. The Morgan fingerprint density at radius 3 is 2.50 bits per heavy atom. The average Bonchev–Trinajstić information content (AvgIpc) is 3.01. The zero-order valence-electron chi connectivity index (χ0n) is 13.4. The van der Waals surface area contributed by atoms with Gasteiger partial charge in [-0.1, -0.05) is 30.0 Å². The zero-order valence-corrected chi connectivity index (χ0v) is 13.4. The van der Waals surface area contributed by atoms with E-state index in [0.717, 1.165) is 30.6 Å². The lowest BCUT2D eigenvalue weighted by Crippen LogP contribution is -2.28. The molecule has 0 N–H and O–H groups in total. The van der Waals surface area contributed by atoms with Gasteiger partial charge in [0.05, 0.1) is 11.6 Å². The van der Waals surface area contributed by atoms with E-state index in [1.165, 1.54) is 13.0 Å². The molecule has 124 valence electrons. The van der Waals surface area contributed by atoms with Gasteiger partial charge in [0, 0.05) is 17.8 Å². The first-order valence-corrected chi connectivity index (χ1v) is 7.96. The number of hydrogen-bond acceptors (Lipinski definition) is 1. The molecule has 2 aromatic carbocycles. The molecular weight excluding hydrogens is 311 g/mol. The molecule has 0 saturated carbocycles. The fourth-order valence-electron chi connectivity index (χ4n) is 3.06. The summed E-state index contributed by atoms with van der Waals surface area (Å²) in [6.45, 7) is 2.33. The van der Waals surface area contributed by atoms with Crippen molar-refractivity contribution < 1.29 is 13.2 Å². The van der Waals surface area contributed by atoms with Gasteiger partial charge >= 0.3 is 6.18 Å². The number of nitrogens with zero attached hydrogens (tertiary/aromatic N) is 1. The van der Waals surface area contributed by atoms with E-state index >= 15 is 0 Å². The number of alkyl halides is 3. The first-order valence-electron chi connectivity index (χ1n) is 7.96. The van der Waals surface area contributed by atoms with Crippen LogP contribution in [0.2, 0.25) is 0 Å². The summed E-state index contributed by atoms with van der Waals surface area (Å²) in [6, 6.07) is 14.1. The molecule has 24 heavy (non-hydrogen) atoms. The third kappa shape index (κ3) is 3.56. The maximum Gasteiger partial charge on any atom is 0.416 e. The fraction of sp³-hybridized carbons (Fsp3) is 0.300. The van der Waals surface area contributed by atoms with E-state index in [2.05, 4.69) is 16.7 Å². The van der Waals surface area contributed by atoms with Gasteiger partial charge in [0.25, 0.3) is 0 Å². The molecule has 0 amide bonds. The number of rotatable bonds is 1. The lowest BCUT2D eigenvalue weighted by Gasteiger charge is -2.24. The maximum absolute atomic E-state index is 12.9. The van der Waals surface area contributed by atoms with Crippen molar-refractivity contribution in [1.82, 2.24) is 0 Å². The second-order valence-electron chi connectivity index (χ2n) is 5.98. The molecule has 0 radical (unpaired) electrons. The van der Waals surface area contributed by atoms with Gasteiger partial charge in [-0.2, -0.15) is 13.2 Å².